The normalized spacial score (nSPS) is 10.6. The topological polar surface area (TPSA) is 45.8 Å². The maximum atomic E-state index is 11.6. The van der Waals surface area contributed by atoms with Crippen LogP contribution in [0.3, 0.4) is 0 Å². The lowest BCUT2D eigenvalue weighted by molar-refractivity contribution is 1.10. The van der Waals surface area contributed by atoms with Gasteiger partial charge < -0.3 is 4.98 Å². The molecule has 0 atom stereocenters. The van der Waals surface area contributed by atoms with Crippen LogP contribution in [0.25, 0.3) is 11.4 Å². The van der Waals surface area contributed by atoms with E-state index in [1.54, 1.807) is 0 Å². The Morgan fingerprint density at radius 3 is 2.29 bits per heavy atom. The number of nitrogens with zero attached hydrogens (tertiary/aromatic N) is 1. The molecule has 17 heavy (non-hydrogen) atoms. The zero-order valence-electron chi connectivity index (χ0n) is 9.97. The second-order valence-corrected chi connectivity index (χ2v) is 5.04. The van der Waals surface area contributed by atoms with E-state index in [1.165, 1.54) is 11.8 Å². The summed E-state index contributed by atoms with van der Waals surface area (Å²) in [4.78, 5) is 18.6. The van der Waals surface area contributed by atoms with Crippen molar-refractivity contribution in [2.45, 2.75) is 20.8 Å². The molecule has 0 radical (unpaired) electrons. The first kappa shape index (κ1) is 12.0. The fourth-order valence-corrected chi connectivity index (χ4v) is 2.26. The van der Waals surface area contributed by atoms with E-state index in [0.29, 0.717) is 10.3 Å². The number of aryl methyl sites for hydroxylation is 3. The molecule has 0 aliphatic carbocycles. The van der Waals surface area contributed by atoms with Gasteiger partial charge in [0, 0.05) is 11.8 Å². The Hall–Kier alpha value is -1.42. The molecule has 0 amide bonds. The number of hydrogen-bond acceptors (Lipinski definition) is 2. The Balaban J connectivity index is 2.68. The van der Waals surface area contributed by atoms with Crippen molar-refractivity contribution in [3.8, 4) is 11.4 Å². The standard InChI is InChI=1S/C13H13BrN2O/c1-7-4-8(2)11(9(3)5-7)12-15-6-10(14)13(17)16-12/h4-6H,1-3H3,(H,15,16,17). The van der Waals surface area contributed by atoms with E-state index in [4.69, 9.17) is 0 Å². The third kappa shape index (κ3) is 2.31. The van der Waals surface area contributed by atoms with Crippen LogP contribution in [0.4, 0.5) is 0 Å². The molecular weight excluding hydrogens is 280 g/mol. The Kier molecular flexibility index (Phi) is 3.15. The Morgan fingerprint density at radius 1 is 1.18 bits per heavy atom. The molecule has 0 fully saturated rings. The van der Waals surface area contributed by atoms with Crippen molar-refractivity contribution in [2.24, 2.45) is 0 Å². The second kappa shape index (κ2) is 4.45. The van der Waals surface area contributed by atoms with Gasteiger partial charge in [-0.3, -0.25) is 4.79 Å². The summed E-state index contributed by atoms with van der Waals surface area (Å²) < 4.78 is 0.448. The number of aromatic amines is 1. The molecule has 2 aromatic rings. The molecular formula is C13H13BrN2O. The fourth-order valence-electron chi connectivity index (χ4n) is 2.06. The van der Waals surface area contributed by atoms with Gasteiger partial charge in [-0.2, -0.15) is 0 Å². The van der Waals surface area contributed by atoms with E-state index in [-0.39, 0.29) is 5.56 Å². The molecule has 1 N–H and O–H groups in total. The van der Waals surface area contributed by atoms with Crippen molar-refractivity contribution in [3.63, 3.8) is 0 Å². The minimum atomic E-state index is -0.158. The number of nitrogens with one attached hydrogen (secondary N) is 1. The molecule has 0 saturated heterocycles. The van der Waals surface area contributed by atoms with E-state index in [9.17, 15) is 4.79 Å². The molecule has 88 valence electrons. The summed E-state index contributed by atoms with van der Waals surface area (Å²) in [6, 6.07) is 4.18. The Morgan fingerprint density at radius 2 is 1.76 bits per heavy atom. The molecule has 1 aromatic carbocycles. The van der Waals surface area contributed by atoms with Gasteiger partial charge in [-0.1, -0.05) is 17.7 Å². The van der Waals surface area contributed by atoms with Crippen LogP contribution >= 0.6 is 15.9 Å². The third-order valence-electron chi connectivity index (χ3n) is 2.67. The van der Waals surface area contributed by atoms with Crippen LogP contribution in [-0.4, -0.2) is 9.97 Å². The highest BCUT2D eigenvalue weighted by Gasteiger charge is 2.09. The smallest absolute Gasteiger partial charge is 0.265 e. The predicted octanol–water partition coefficient (Wildman–Crippen LogP) is 3.12. The van der Waals surface area contributed by atoms with Gasteiger partial charge in [0.1, 0.15) is 10.3 Å². The minimum Gasteiger partial charge on any atom is -0.306 e. The zero-order chi connectivity index (χ0) is 12.6. The van der Waals surface area contributed by atoms with Crippen LogP contribution in [0.15, 0.2) is 27.6 Å². The molecule has 4 heteroatoms. The van der Waals surface area contributed by atoms with Gasteiger partial charge in [0.15, 0.2) is 0 Å². The third-order valence-corrected chi connectivity index (χ3v) is 3.23. The molecule has 0 aliphatic rings. The number of benzene rings is 1. The average molecular weight is 293 g/mol. The molecule has 0 spiro atoms. The molecule has 1 aromatic heterocycles. The van der Waals surface area contributed by atoms with Gasteiger partial charge >= 0.3 is 0 Å². The summed E-state index contributed by atoms with van der Waals surface area (Å²) in [5, 5.41) is 0. The maximum Gasteiger partial charge on any atom is 0.265 e. The first-order valence-corrected chi connectivity index (χ1v) is 6.11. The van der Waals surface area contributed by atoms with Crippen molar-refractivity contribution >= 4 is 15.9 Å². The highest BCUT2D eigenvalue weighted by atomic mass is 79.9. The lowest BCUT2D eigenvalue weighted by Gasteiger charge is -2.10. The number of H-pyrrole nitrogens is 1. The number of hydrogen-bond donors (Lipinski definition) is 1. The maximum absolute atomic E-state index is 11.6. The summed E-state index contributed by atoms with van der Waals surface area (Å²) in [6.45, 7) is 6.11. The van der Waals surface area contributed by atoms with Crippen molar-refractivity contribution in [1.29, 1.82) is 0 Å². The van der Waals surface area contributed by atoms with Crippen LogP contribution in [-0.2, 0) is 0 Å². The average Bonchev–Trinajstić information content (AvgIpc) is 2.21. The molecule has 0 unspecified atom stereocenters. The van der Waals surface area contributed by atoms with Crippen LogP contribution < -0.4 is 5.56 Å². The van der Waals surface area contributed by atoms with E-state index in [1.807, 2.05) is 13.8 Å². The van der Waals surface area contributed by atoms with Gasteiger partial charge in [-0.25, -0.2) is 4.98 Å². The fraction of sp³-hybridized carbons (Fsp3) is 0.231. The molecule has 0 aliphatic heterocycles. The van der Waals surface area contributed by atoms with Crippen molar-refractivity contribution in [3.05, 3.63) is 49.8 Å². The Bertz CT molecular complexity index is 609. The second-order valence-electron chi connectivity index (χ2n) is 4.18. The van der Waals surface area contributed by atoms with E-state index < -0.39 is 0 Å². The summed E-state index contributed by atoms with van der Waals surface area (Å²) >= 11 is 3.14. The van der Waals surface area contributed by atoms with E-state index in [2.05, 4.69) is 45.0 Å². The zero-order valence-corrected chi connectivity index (χ0v) is 11.6. The van der Waals surface area contributed by atoms with E-state index >= 15 is 0 Å². The molecule has 3 nitrogen and oxygen atoms in total. The lowest BCUT2D eigenvalue weighted by atomic mass is 9.99. The van der Waals surface area contributed by atoms with Gasteiger partial charge in [-0.15, -0.1) is 0 Å². The molecule has 2 rings (SSSR count). The summed E-state index contributed by atoms with van der Waals surface area (Å²) in [5.41, 5.74) is 4.29. The van der Waals surface area contributed by atoms with Crippen LogP contribution in [0, 0.1) is 20.8 Å². The van der Waals surface area contributed by atoms with Crippen LogP contribution in [0.2, 0.25) is 0 Å². The minimum absolute atomic E-state index is 0.158. The Labute approximate surface area is 108 Å². The first-order chi connectivity index (χ1) is 7.99. The van der Waals surface area contributed by atoms with Crippen LogP contribution in [0.1, 0.15) is 16.7 Å². The summed E-state index contributed by atoms with van der Waals surface area (Å²) in [5.74, 6) is 0.619. The summed E-state index contributed by atoms with van der Waals surface area (Å²) in [6.07, 6.45) is 1.53. The van der Waals surface area contributed by atoms with Gasteiger partial charge in [0.2, 0.25) is 0 Å². The number of rotatable bonds is 1. The van der Waals surface area contributed by atoms with Crippen molar-refractivity contribution < 1.29 is 0 Å². The molecule has 0 bridgehead atoms. The van der Waals surface area contributed by atoms with E-state index in [0.717, 1.165) is 16.7 Å². The SMILES string of the molecule is Cc1cc(C)c(-c2ncc(Br)c(=O)[nH]2)c(C)c1. The molecule has 1 heterocycles. The van der Waals surface area contributed by atoms with Crippen LogP contribution in [0.5, 0.6) is 0 Å². The lowest BCUT2D eigenvalue weighted by Crippen LogP contribution is -2.10. The monoisotopic (exact) mass is 292 g/mol. The highest BCUT2D eigenvalue weighted by molar-refractivity contribution is 9.10. The number of halogens is 1. The highest BCUT2D eigenvalue weighted by Crippen LogP contribution is 2.24. The van der Waals surface area contributed by atoms with Crippen molar-refractivity contribution in [2.75, 3.05) is 0 Å². The van der Waals surface area contributed by atoms with Gasteiger partial charge in [0.25, 0.3) is 5.56 Å². The quantitative estimate of drug-likeness (QED) is 0.878. The summed E-state index contributed by atoms with van der Waals surface area (Å²) in [7, 11) is 0. The van der Waals surface area contributed by atoms with Gasteiger partial charge in [0.05, 0.1) is 0 Å². The molecule has 0 saturated carbocycles. The number of aromatic nitrogens is 2. The van der Waals surface area contributed by atoms with Crippen molar-refractivity contribution in [1.82, 2.24) is 9.97 Å². The predicted molar refractivity (Wildman–Crippen MR) is 72.2 cm³/mol. The first-order valence-electron chi connectivity index (χ1n) is 5.32. The van der Waals surface area contributed by atoms with Gasteiger partial charge in [-0.05, 0) is 47.8 Å². The largest absolute Gasteiger partial charge is 0.306 e.